The minimum atomic E-state index is -2.91. The van der Waals surface area contributed by atoms with Crippen molar-refractivity contribution < 1.29 is 18.3 Å². The molecule has 5 nitrogen and oxygen atoms in total. The maximum Gasteiger partial charge on any atom is 0.387 e. The Bertz CT molecular complexity index is 682. The lowest BCUT2D eigenvalue weighted by Gasteiger charge is -2.11. The molecule has 1 aliphatic rings. The molecule has 1 aromatic heterocycles. The van der Waals surface area contributed by atoms with Gasteiger partial charge < -0.3 is 9.47 Å². The molecule has 2 aromatic rings. The fraction of sp³-hybridized carbons (Fsp3) is 0.500. The molecule has 3 rings (SSSR count). The minimum Gasteiger partial charge on any atom is -0.493 e. The molecule has 23 heavy (non-hydrogen) atoms. The number of methoxy groups -OCH3 is 1. The van der Waals surface area contributed by atoms with E-state index < -0.39 is 6.61 Å². The Morgan fingerprint density at radius 3 is 2.61 bits per heavy atom. The lowest BCUT2D eigenvalue weighted by molar-refractivity contribution is -0.0511. The van der Waals surface area contributed by atoms with E-state index in [1.807, 2.05) is 0 Å². The predicted molar refractivity (Wildman–Crippen MR) is 80.8 cm³/mol. The molecule has 0 aliphatic heterocycles. The minimum absolute atomic E-state index is 0.00887. The molecular weight excluding hydrogens is 304 g/mol. The number of ether oxygens (including phenoxy) is 2. The third-order valence-corrected chi connectivity index (χ3v) is 4.14. The fourth-order valence-corrected chi connectivity index (χ4v) is 3.02. The molecule has 0 saturated heterocycles. The number of hydrogen-bond donors (Lipinski definition) is 0. The molecule has 0 bridgehead atoms. The van der Waals surface area contributed by atoms with Crippen LogP contribution in [0.4, 0.5) is 8.78 Å². The van der Waals surface area contributed by atoms with Crippen molar-refractivity contribution in [2.45, 2.75) is 38.2 Å². The highest BCUT2D eigenvalue weighted by atomic mass is 19.3. The predicted octanol–water partition coefficient (Wildman–Crippen LogP) is 3.75. The van der Waals surface area contributed by atoms with Gasteiger partial charge in [-0.1, -0.05) is 12.8 Å². The summed E-state index contributed by atoms with van der Waals surface area (Å²) in [7, 11) is 3.21. The van der Waals surface area contributed by atoms with Crippen LogP contribution in [0.5, 0.6) is 11.5 Å². The molecule has 0 unspecified atom stereocenters. The number of rotatable bonds is 5. The van der Waals surface area contributed by atoms with Crippen molar-refractivity contribution >= 4 is 0 Å². The highest BCUT2D eigenvalue weighted by Gasteiger charge is 2.23. The summed E-state index contributed by atoms with van der Waals surface area (Å²) < 4.78 is 36.4. The molecule has 0 spiro atoms. The van der Waals surface area contributed by atoms with Crippen molar-refractivity contribution in [3.05, 3.63) is 24.0 Å². The SMILES string of the molecule is COc1ccc(-c2nc(C3CCCC3)nn2C)cc1OC(F)F. The van der Waals surface area contributed by atoms with Crippen LogP contribution in [-0.2, 0) is 7.05 Å². The summed E-state index contributed by atoms with van der Waals surface area (Å²) in [6.45, 7) is -2.91. The summed E-state index contributed by atoms with van der Waals surface area (Å²) in [5.41, 5.74) is 0.667. The zero-order chi connectivity index (χ0) is 16.4. The Hall–Kier alpha value is -2.18. The second-order valence-electron chi connectivity index (χ2n) is 5.64. The molecule has 0 N–H and O–H groups in total. The van der Waals surface area contributed by atoms with Gasteiger partial charge in [0.05, 0.1) is 7.11 Å². The van der Waals surface area contributed by atoms with Gasteiger partial charge in [-0.2, -0.15) is 13.9 Å². The Labute approximate surface area is 133 Å². The number of halogens is 2. The number of aryl methyl sites for hydroxylation is 1. The first-order valence-electron chi connectivity index (χ1n) is 7.62. The lowest BCUT2D eigenvalue weighted by atomic mass is 10.1. The molecule has 0 atom stereocenters. The Kier molecular flexibility index (Phi) is 4.45. The van der Waals surface area contributed by atoms with Gasteiger partial charge in [0, 0.05) is 18.5 Å². The Morgan fingerprint density at radius 2 is 1.96 bits per heavy atom. The number of nitrogens with zero attached hydrogens (tertiary/aromatic N) is 3. The van der Waals surface area contributed by atoms with Gasteiger partial charge in [-0.15, -0.1) is 0 Å². The molecule has 124 valence electrons. The van der Waals surface area contributed by atoms with E-state index in [9.17, 15) is 8.78 Å². The van der Waals surface area contributed by atoms with Crippen LogP contribution in [0.25, 0.3) is 11.4 Å². The average Bonchev–Trinajstić information content (AvgIpc) is 3.15. The van der Waals surface area contributed by atoms with Crippen LogP contribution in [0.3, 0.4) is 0 Å². The van der Waals surface area contributed by atoms with Crippen molar-refractivity contribution in [3.63, 3.8) is 0 Å². The van der Waals surface area contributed by atoms with Crippen molar-refractivity contribution in [2.24, 2.45) is 7.05 Å². The normalized spacial score (nSPS) is 15.3. The van der Waals surface area contributed by atoms with Gasteiger partial charge in [-0.25, -0.2) is 9.67 Å². The van der Waals surface area contributed by atoms with E-state index in [2.05, 4.69) is 14.8 Å². The highest BCUT2D eigenvalue weighted by molar-refractivity contribution is 5.61. The monoisotopic (exact) mass is 323 g/mol. The van der Waals surface area contributed by atoms with Crippen LogP contribution < -0.4 is 9.47 Å². The summed E-state index contributed by atoms with van der Waals surface area (Å²) in [4.78, 5) is 4.61. The van der Waals surface area contributed by atoms with Crippen molar-refractivity contribution in [3.8, 4) is 22.9 Å². The van der Waals surface area contributed by atoms with Gasteiger partial charge in [-0.3, -0.25) is 0 Å². The van der Waals surface area contributed by atoms with E-state index in [1.165, 1.54) is 26.0 Å². The second kappa shape index (κ2) is 6.52. The molecular formula is C16H19F2N3O2. The van der Waals surface area contributed by atoms with E-state index in [0.717, 1.165) is 18.7 Å². The number of aromatic nitrogens is 3. The standard InChI is InChI=1S/C16H19F2N3O2/c1-21-15(19-14(20-21)10-5-3-4-6-10)11-7-8-12(22-2)13(9-11)23-16(17)18/h7-10,16H,3-6H2,1-2H3. The largest absolute Gasteiger partial charge is 0.493 e. The molecule has 0 amide bonds. The van der Waals surface area contributed by atoms with E-state index in [4.69, 9.17) is 4.74 Å². The molecule has 0 radical (unpaired) electrons. The quantitative estimate of drug-likeness (QED) is 0.841. The summed E-state index contributed by atoms with van der Waals surface area (Å²) >= 11 is 0. The van der Waals surface area contributed by atoms with Crippen molar-refractivity contribution in [1.29, 1.82) is 0 Å². The van der Waals surface area contributed by atoms with E-state index in [0.29, 0.717) is 17.3 Å². The fourth-order valence-electron chi connectivity index (χ4n) is 3.02. The molecule has 1 fully saturated rings. The van der Waals surface area contributed by atoms with Gasteiger partial charge in [-0.05, 0) is 31.0 Å². The first kappa shape index (κ1) is 15.7. The molecule has 1 saturated carbocycles. The van der Waals surface area contributed by atoms with Gasteiger partial charge in [0.15, 0.2) is 23.1 Å². The summed E-state index contributed by atoms with van der Waals surface area (Å²) in [5.74, 6) is 2.10. The van der Waals surface area contributed by atoms with Crippen LogP contribution in [-0.4, -0.2) is 28.5 Å². The van der Waals surface area contributed by atoms with E-state index in [-0.39, 0.29) is 11.5 Å². The van der Waals surface area contributed by atoms with Crippen LogP contribution in [0, 0.1) is 0 Å². The summed E-state index contributed by atoms with van der Waals surface area (Å²) in [6.07, 6.45) is 4.61. The van der Waals surface area contributed by atoms with Crippen LogP contribution in [0.15, 0.2) is 18.2 Å². The molecule has 1 heterocycles. The second-order valence-corrected chi connectivity index (χ2v) is 5.64. The first-order valence-corrected chi connectivity index (χ1v) is 7.62. The summed E-state index contributed by atoms with van der Waals surface area (Å²) in [6, 6.07) is 4.87. The maximum atomic E-state index is 12.5. The smallest absolute Gasteiger partial charge is 0.387 e. The average molecular weight is 323 g/mol. The van der Waals surface area contributed by atoms with Gasteiger partial charge in [0.25, 0.3) is 0 Å². The number of alkyl halides is 2. The zero-order valence-electron chi connectivity index (χ0n) is 13.1. The van der Waals surface area contributed by atoms with Crippen LogP contribution in [0.1, 0.15) is 37.4 Å². The molecule has 1 aliphatic carbocycles. The van der Waals surface area contributed by atoms with Crippen molar-refractivity contribution in [1.82, 2.24) is 14.8 Å². The highest BCUT2D eigenvalue weighted by Crippen LogP contribution is 2.35. The summed E-state index contributed by atoms with van der Waals surface area (Å²) in [5, 5.41) is 4.49. The lowest BCUT2D eigenvalue weighted by Crippen LogP contribution is -2.04. The number of hydrogen-bond acceptors (Lipinski definition) is 4. The van der Waals surface area contributed by atoms with E-state index >= 15 is 0 Å². The van der Waals surface area contributed by atoms with Gasteiger partial charge in [0.1, 0.15) is 0 Å². The zero-order valence-corrected chi connectivity index (χ0v) is 13.1. The van der Waals surface area contributed by atoms with Gasteiger partial charge >= 0.3 is 6.61 Å². The van der Waals surface area contributed by atoms with E-state index in [1.54, 1.807) is 23.9 Å². The first-order chi connectivity index (χ1) is 11.1. The third-order valence-electron chi connectivity index (χ3n) is 4.14. The van der Waals surface area contributed by atoms with Crippen molar-refractivity contribution in [2.75, 3.05) is 7.11 Å². The Morgan fingerprint density at radius 1 is 1.22 bits per heavy atom. The van der Waals surface area contributed by atoms with Crippen LogP contribution >= 0.6 is 0 Å². The van der Waals surface area contributed by atoms with Crippen LogP contribution in [0.2, 0.25) is 0 Å². The maximum absolute atomic E-state index is 12.5. The Balaban J connectivity index is 1.94. The van der Waals surface area contributed by atoms with Gasteiger partial charge in [0.2, 0.25) is 0 Å². The molecule has 1 aromatic carbocycles. The topological polar surface area (TPSA) is 49.2 Å². The third kappa shape index (κ3) is 3.28. The number of benzene rings is 1. The molecule has 7 heteroatoms.